The van der Waals surface area contributed by atoms with Crippen LogP contribution in [-0.4, -0.2) is 49.9 Å². The van der Waals surface area contributed by atoms with Crippen LogP contribution < -0.4 is 0 Å². The molecular weight excluding hydrogens is 227 g/mol. The summed E-state index contributed by atoms with van der Waals surface area (Å²) in [5.41, 5.74) is -2.20. The molecule has 0 bridgehead atoms. The Bertz CT molecular complexity index is 250. The smallest absolute Gasteiger partial charge is 0.327 e. The van der Waals surface area contributed by atoms with Crippen molar-refractivity contribution < 1.29 is 34.1 Å². The van der Waals surface area contributed by atoms with Crippen molar-refractivity contribution in [1.29, 1.82) is 0 Å². The minimum absolute atomic E-state index is 0.779. The Hall–Kier alpha value is -0.430. The number of rotatable bonds is 6. The number of hydrogen-bond acceptors (Lipinski definition) is 7. The Morgan fingerprint density at radius 1 is 1.47 bits per heavy atom. The molecule has 0 aliphatic rings. The largest absolute Gasteiger partial charge is 0.382 e. The predicted molar refractivity (Wildman–Crippen MR) is 49.6 cm³/mol. The summed E-state index contributed by atoms with van der Waals surface area (Å²) in [6, 6.07) is 0. The van der Waals surface area contributed by atoms with Gasteiger partial charge < -0.3 is 24.5 Å². The molecule has 0 aromatic heterocycles. The molecule has 0 saturated carbocycles. The van der Waals surface area contributed by atoms with Crippen molar-refractivity contribution in [3.8, 4) is 0 Å². The van der Waals surface area contributed by atoms with Gasteiger partial charge in [0.2, 0.25) is 0 Å². The van der Waals surface area contributed by atoms with Gasteiger partial charge in [0, 0.05) is 0 Å². The van der Waals surface area contributed by atoms with Gasteiger partial charge >= 0.3 is 8.60 Å². The zero-order valence-corrected chi connectivity index (χ0v) is 9.14. The molecule has 0 aliphatic carbocycles. The molecular formula is C7H13O7P. The molecule has 0 saturated heterocycles. The normalized spacial score (nSPS) is 17.3. The quantitative estimate of drug-likeness (QED) is 0.416. The lowest BCUT2D eigenvalue weighted by molar-refractivity contribution is -0.156. The van der Waals surface area contributed by atoms with Crippen LogP contribution >= 0.6 is 8.60 Å². The molecule has 15 heavy (non-hydrogen) atoms. The highest BCUT2D eigenvalue weighted by atomic mass is 31.2. The van der Waals surface area contributed by atoms with Crippen LogP contribution in [0.5, 0.6) is 0 Å². The molecule has 88 valence electrons. The third-order valence-electron chi connectivity index (χ3n) is 1.87. The Morgan fingerprint density at radius 2 is 1.93 bits per heavy atom. The van der Waals surface area contributed by atoms with Gasteiger partial charge in [0.15, 0.2) is 17.2 Å². The minimum Gasteiger partial charge on any atom is -0.382 e. The van der Waals surface area contributed by atoms with Crippen molar-refractivity contribution in [3.05, 3.63) is 0 Å². The molecule has 0 aromatic carbocycles. The van der Waals surface area contributed by atoms with E-state index in [1.165, 1.54) is 0 Å². The van der Waals surface area contributed by atoms with E-state index >= 15 is 0 Å². The van der Waals surface area contributed by atoms with Gasteiger partial charge in [0.1, 0.15) is 12.7 Å². The summed E-state index contributed by atoms with van der Waals surface area (Å²) in [5.74, 6) is -1.79. The maximum absolute atomic E-state index is 11.1. The van der Waals surface area contributed by atoms with E-state index in [9.17, 15) is 19.8 Å². The summed E-state index contributed by atoms with van der Waals surface area (Å²) in [6.07, 6.45) is -1.95. The summed E-state index contributed by atoms with van der Waals surface area (Å²) in [6.45, 7) is 1.21. The molecule has 0 spiro atoms. The highest BCUT2D eigenvalue weighted by Gasteiger charge is 2.40. The summed E-state index contributed by atoms with van der Waals surface area (Å²) in [7, 11) is -2.71. The fraction of sp³-hybridized carbons (Fsp3) is 0.714. The Labute approximate surface area is 87.3 Å². The van der Waals surface area contributed by atoms with Gasteiger partial charge in [-0.05, 0) is 13.8 Å². The van der Waals surface area contributed by atoms with Crippen LogP contribution in [0.3, 0.4) is 0 Å². The van der Waals surface area contributed by atoms with E-state index in [0.29, 0.717) is 0 Å². The summed E-state index contributed by atoms with van der Waals surface area (Å²) in [4.78, 5) is 38.6. The summed E-state index contributed by atoms with van der Waals surface area (Å²) >= 11 is 0. The fourth-order valence-corrected chi connectivity index (χ4v) is 0.949. The highest BCUT2D eigenvalue weighted by molar-refractivity contribution is 7.39. The topological polar surface area (TPSA) is 124 Å². The molecule has 0 aromatic rings. The van der Waals surface area contributed by atoms with Crippen LogP contribution in [-0.2, 0) is 14.1 Å². The Balaban J connectivity index is 4.38. The van der Waals surface area contributed by atoms with Crippen LogP contribution in [0, 0.1) is 0 Å². The summed E-state index contributed by atoms with van der Waals surface area (Å²) in [5, 5.41) is 18.7. The summed E-state index contributed by atoms with van der Waals surface area (Å²) < 4.78 is 4.14. The lowest BCUT2D eigenvalue weighted by Crippen LogP contribution is -2.50. The van der Waals surface area contributed by atoms with E-state index in [0.717, 1.165) is 13.8 Å². The minimum atomic E-state index is -2.71. The first kappa shape index (κ1) is 14.6. The molecule has 8 heteroatoms. The van der Waals surface area contributed by atoms with Gasteiger partial charge in [-0.1, -0.05) is 0 Å². The van der Waals surface area contributed by atoms with Crippen molar-refractivity contribution in [3.63, 3.8) is 0 Å². The number of ketones is 2. The van der Waals surface area contributed by atoms with E-state index in [4.69, 9.17) is 9.79 Å². The van der Waals surface area contributed by atoms with Crippen molar-refractivity contribution in [1.82, 2.24) is 0 Å². The molecule has 0 amide bonds. The molecule has 2 unspecified atom stereocenters. The third-order valence-corrected chi connectivity index (χ3v) is 2.23. The number of carbonyl (C=O) groups excluding carboxylic acids is 2. The van der Waals surface area contributed by atoms with Gasteiger partial charge in [-0.3, -0.25) is 9.59 Å². The first-order chi connectivity index (χ1) is 6.69. The molecule has 0 radical (unpaired) electrons. The third kappa shape index (κ3) is 4.29. The zero-order valence-electron chi connectivity index (χ0n) is 8.25. The lowest BCUT2D eigenvalue weighted by Gasteiger charge is -2.24. The van der Waals surface area contributed by atoms with Crippen molar-refractivity contribution >= 4 is 20.2 Å². The average Bonchev–Trinajstić information content (AvgIpc) is 2.12. The van der Waals surface area contributed by atoms with E-state index in [1.807, 2.05) is 0 Å². The maximum Gasteiger partial charge on any atom is 0.327 e. The van der Waals surface area contributed by atoms with Gasteiger partial charge in [0.05, 0.1) is 0 Å². The lowest BCUT2D eigenvalue weighted by atomic mass is 9.92. The first-order valence-electron chi connectivity index (χ1n) is 3.94. The van der Waals surface area contributed by atoms with E-state index in [2.05, 4.69) is 4.52 Å². The predicted octanol–water partition coefficient (Wildman–Crippen LogP) is -1.52. The van der Waals surface area contributed by atoms with E-state index in [1.54, 1.807) is 0 Å². The van der Waals surface area contributed by atoms with E-state index < -0.39 is 38.5 Å². The van der Waals surface area contributed by atoms with Gasteiger partial charge in [0.25, 0.3) is 0 Å². The zero-order chi connectivity index (χ0) is 12.2. The highest BCUT2D eigenvalue weighted by Crippen LogP contribution is 2.24. The molecule has 2 atom stereocenters. The molecule has 0 rings (SSSR count). The second-order valence-corrected chi connectivity index (χ2v) is 3.86. The van der Waals surface area contributed by atoms with Crippen LogP contribution in [0.15, 0.2) is 0 Å². The van der Waals surface area contributed by atoms with Crippen molar-refractivity contribution in [2.75, 3.05) is 6.61 Å². The van der Waals surface area contributed by atoms with Crippen LogP contribution in [0.4, 0.5) is 0 Å². The number of carbonyl (C=O) groups is 2. The second kappa shape index (κ2) is 5.60. The number of aliphatic hydroxyl groups is 2. The SMILES string of the molecule is CC(=O)C(C)(O)C(O)C(=O)COP(O)O. The number of aliphatic hydroxyl groups excluding tert-OH is 1. The Kier molecular flexibility index (Phi) is 5.44. The number of Topliss-reactive ketones (excluding diaryl/α,β-unsaturated/α-hetero) is 2. The monoisotopic (exact) mass is 240 g/mol. The van der Waals surface area contributed by atoms with Crippen molar-refractivity contribution in [2.45, 2.75) is 25.6 Å². The maximum atomic E-state index is 11.1. The standard InChI is InChI=1S/C7H13O7P/c1-4(8)7(2,11)6(10)5(9)3-14-15(12)13/h6,10-13H,3H2,1-2H3. The molecule has 0 fully saturated rings. The number of hydrogen-bond donors (Lipinski definition) is 4. The Morgan fingerprint density at radius 3 is 2.27 bits per heavy atom. The first-order valence-corrected chi connectivity index (χ1v) is 5.11. The van der Waals surface area contributed by atoms with Crippen LogP contribution in [0.25, 0.3) is 0 Å². The van der Waals surface area contributed by atoms with Gasteiger partial charge in [-0.25, -0.2) is 0 Å². The van der Waals surface area contributed by atoms with E-state index in [-0.39, 0.29) is 0 Å². The molecule has 0 heterocycles. The van der Waals surface area contributed by atoms with Crippen molar-refractivity contribution in [2.24, 2.45) is 0 Å². The molecule has 0 aliphatic heterocycles. The van der Waals surface area contributed by atoms with Gasteiger partial charge in [-0.15, -0.1) is 0 Å². The second-order valence-electron chi connectivity index (χ2n) is 3.10. The average molecular weight is 240 g/mol. The van der Waals surface area contributed by atoms with Gasteiger partial charge in [-0.2, -0.15) is 0 Å². The fourth-order valence-electron chi connectivity index (χ4n) is 0.706. The van der Waals surface area contributed by atoms with Crippen LogP contribution in [0.1, 0.15) is 13.8 Å². The molecule has 7 nitrogen and oxygen atoms in total. The molecule has 4 N–H and O–H groups in total. The van der Waals surface area contributed by atoms with Crippen LogP contribution in [0.2, 0.25) is 0 Å².